The lowest BCUT2D eigenvalue weighted by Crippen LogP contribution is -2.57. The number of nitrogens with zero attached hydrogens (tertiary/aromatic N) is 4. The molecule has 0 aliphatic carbocycles. The Balaban J connectivity index is 1.13. The van der Waals surface area contributed by atoms with Gasteiger partial charge < -0.3 is 34.0 Å². The van der Waals surface area contributed by atoms with Crippen molar-refractivity contribution in [3.8, 4) is 16.9 Å². The first-order chi connectivity index (χ1) is 24.0. The number of methoxy groups -OCH3 is 1. The van der Waals surface area contributed by atoms with Gasteiger partial charge in [-0.2, -0.15) is 0 Å². The van der Waals surface area contributed by atoms with Gasteiger partial charge in [-0.25, -0.2) is 9.18 Å². The van der Waals surface area contributed by atoms with Crippen LogP contribution in [0.15, 0.2) is 42.5 Å². The maximum atomic E-state index is 15.8. The molecule has 1 N–H and O–H groups in total. The van der Waals surface area contributed by atoms with Crippen LogP contribution in [0.25, 0.3) is 11.1 Å². The summed E-state index contributed by atoms with van der Waals surface area (Å²) in [6.07, 6.45) is 1.76. The number of fused-ring (bicyclic) bond motifs is 3. The van der Waals surface area contributed by atoms with Crippen molar-refractivity contribution < 1.29 is 33.3 Å². The lowest BCUT2D eigenvalue weighted by molar-refractivity contribution is 0.0516. The van der Waals surface area contributed by atoms with Crippen LogP contribution in [0.2, 0.25) is 10.0 Å². The average Bonchev–Trinajstić information content (AvgIpc) is 3.33. The quantitative estimate of drug-likeness (QED) is 0.283. The van der Waals surface area contributed by atoms with Crippen LogP contribution in [0.3, 0.4) is 0 Å². The minimum Gasteiger partial charge on any atom is -0.478 e. The molecule has 4 aliphatic heterocycles. The van der Waals surface area contributed by atoms with E-state index < -0.39 is 11.8 Å². The number of piperazine rings is 1. The number of aromatic carboxylic acids is 1. The van der Waals surface area contributed by atoms with E-state index in [4.69, 9.17) is 37.4 Å². The number of benzene rings is 3. The summed E-state index contributed by atoms with van der Waals surface area (Å²) in [5, 5.41) is 10.5. The first-order valence-electron chi connectivity index (χ1n) is 17.0. The predicted octanol–water partition coefficient (Wildman–Crippen LogP) is 6.40. The fourth-order valence-corrected chi connectivity index (χ4v) is 8.74. The van der Waals surface area contributed by atoms with Gasteiger partial charge in [0, 0.05) is 61.2 Å². The highest BCUT2D eigenvalue weighted by Crippen LogP contribution is 2.43. The van der Waals surface area contributed by atoms with E-state index in [9.17, 15) is 14.7 Å². The summed E-state index contributed by atoms with van der Waals surface area (Å²) >= 11 is 13.6. The first-order valence-corrected chi connectivity index (χ1v) is 17.8. The first kappa shape index (κ1) is 34.8. The minimum atomic E-state index is -1.19. The number of amides is 1. The number of para-hydroxylation sites is 1. The van der Waals surface area contributed by atoms with Crippen molar-refractivity contribution in [2.75, 3.05) is 63.1 Å². The van der Waals surface area contributed by atoms with E-state index in [1.54, 1.807) is 37.4 Å². The highest BCUT2D eigenvalue weighted by Gasteiger charge is 2.40. The van der Waals surface area contributed by atoms with Gasteiger partial charge >= 0.3 is 5.97 Å². The van der Waals surface area contributed by atoms with E-state index in [-0.39, 0.29) is 70.1 Å². The van der Waals surface area contributed by atoms with Crippen LogP contribution in [0.1, 0.15) is 53.0 Å². The van der Waals surface area contributed by atoms with Crippen molar-refractivity contribution in [3.05, 3.63) is 75.0 Å². The summed E-state index contributed by atoms with van der Waals surface area (Å²) in [4.78, 5) is 34.4. The molecule has 4 atom stereocenters. The Morgan fingerprint density at radius 3 is 2.32 bits per heavy atom. The van der Waals surface area contributed by atoms with E-state index in [1.165, 1.54) is 4.90 Å². The third kappa shape index (κ3) is 6.39. The Labute approximate surface area is 301 Å². The molecule has 1 amide bonds. The van der Waals surface area contributed by atoms with Crippen LogP contribution in [0.4, 0.5) is 15.8 Å². The second-order valence-electron chi connectivity index (χ2n) is 13.7. The number of ether oxygens (including phenoxy) is 3. The molecule has 4 aliphatic rings. The molecule has 3 saturated heterocycles. The standard InChI is InChI=1S/C37H41Cl2FN4O6/c1-21-15-41(16-22(2)43(21)9-10-48-3)26-11-30(38)34(31(39)12-26)36(45)42-17-23-5-4-6-27(35(23)50-20-42)28-14-33(29(37(46)47)13-32(28)40)44-24-7-8-25(44)19-49-18-24/h4-6,11-14,21-22,24-25H,7-10,15-20H2,1-3H3,(H,46,47). The number of morpholine rings is 1. The Morgan fingerprint density at radius 1 is 1.00 bits per heavy atom. The van der Waals surface area contributed by atoms with Crippen molar-refractivity contribution >= 4 is 46.5 Å². The Morgan fingerprint density at radius 2 is 1.68 bits per heavy atom. The zero-order valence-electron chi connectivity index (χ0n) is 28.3. The molecule has 2 bridgehead atoms. The lowest BCUT2D eigenvalue weighted by Gasteiger charge is -2.45. The van der Waals surface area contributed by atoms with Crippen LogP contribution in [-0.4, -0.2) is 104 Å². The molecule has 0 saturated carbocycles. The van der Waals surface area contributed by atoms with Gasteiger partial charge in [-0.3, -0.25) is 9.69 Å². The third-order valence-corrected chi connectivity index (χ3v) is 11.1. The minimum absolute atomic E-state index is 0.0295. The molecule has 7 rings (SSSR count). The Hall–Kier alpha value is -3.61. The number of hydrogen-bond acceptors (Lipinski definition) is 8. The second kappa shape index (κ2) is 14.2. The number of carbonyl (C=O) groups excluding carboxylic acids is 1. The Kier molecular flexibility index (Phi) is 9.88. The highest BCUT2D eigenvalue weighted by molar-refractivity contribution is 6.40. The molecule has 10 nitrogen and oxygen atoms in total. The van der Waals surface area contributed by atoms with E-state index in [2.05, 4.69) is 28.5 Å². The number of carbonyl (C=O) groups is 2. The van der Waals surface area contributed by atoms with Gasteiger partial charge in [0.05, 0.1) is 65.3 Å². The van der Waals surface area contributed by atoms with Crippen molar-refractivity contribution in [1.29, 1.82) is 0 Å². The highest BCUT2D eigenvalue weighted by atomic mass is 35.5. The summed E-state index contributed by atoms with van der Waals surface area (Å²) in [7, 11) is 1.71. The number of halogens is 3. The molecular formula is C37H41Cl2FN4O6. The largest absolute Gasteiger partial charge is 0.478 e. The number of carboxylic acids is 1. The maximum absolute atomic E-state index is 15.8. The van der Waals surface area contributed by atoms with Crippen LogP contribution in [0, 0.1) is 5.82 Å². The van der Waals surface area contributed by atoms with Crippen LogP contribution in [0.5, 0.6) is 5.75 Å². The molecule has 50 heavy (non-hydrogen) atoms. The summed E-state index contributed by atoms with van der Waals surface area (Å²) in [6.45, 7) is 8.53. The average molecular weight is 728 g/mol. The van der Waals surface area contributed by atoms with Crippen LogP contribution in [-0.2, 0) is 16.0 Å². The fourth-order valence-electron chi connectivity index (χ4n) is 8.10. The van der Waals surface area contributed by atoms with Crippen molar-refractivity contribution in [2.24, 2.45) is 0 Å². The molecule has 3 aromatic carbocycles. The second-order valence-corrected chi connectivity index (χ2v) is 14.5. The monoisotopic (exact) mass is 726 g/mol. The molecular weight excluding hydrogens is 686 g/mol. The summed E-state index contributed by atoms with van der Waals surface area (Å²) in [5.74, 6) is -1.79. The molecule has 3 fully saturated rings. The molecule has 0 aromatic heterocycles. The van der Waals surface area contributed by atoms with Crippen LogP contribution >= 0.6 is 23.2 Å². The fraction of sp³-hybridized carbons (Fsp3) is 0.459. The molecule has 4 heterocycles. The van der Waals surface area contributed by atoms with Gasteiger partial charge in [0.15, 0.2) is 6.73 Å². The smallest absolute Gasteiger partial charge is 0.337 e. The molecule has 266 valence electrons. The maximum Gasteiger partial charge on any atom is 0.337 e. The van der Waals surface area contributed by atoms with Gasteiger partial charge in [-0.1, -0.05) is 41.4 Å². The number of rotatable bonds is 8. The zero-order valence-corrected chi connectivity index (χ0v) is 29.8. The van der Waals surface area contributed by atoms with Crippen molar-refractivity contribution in [1.82, 2.24) is 9.80 Å². The van der Waals surface area contributed by atoms with Gasteiger partial charge in [0.25, 0.3) is 5.91 Å². The Bertz CT molecular complexity index is 1760. The molecule has 13 heteroatoms. The van der Waals surface area contributed by atoms with Crippen molar-refractivity contribution in [2.45, 2.75) is 57.4 Å². The lowest BCUT2D eigenvalue weighted by atomic mass is 9.96. The van der Waals surface area contributed by atoms with E-state index in [0.717, 1.165) is 44.2 Å². The van der Waals surface area contributed by atoms with Gasteiger partial charge in [-0.05, 0) is 51.0 Å². The van der Waals surface area contributed by atoms with Crippen molar-refractivity contribution in [3.63, 3.8) is 0 Å². The van der Waals surface area contributed by atoms with Gasteiger partial charge in [-0.15, -0.1) is 0 Å². The summed E-state index contributed by atoms with van der Waals surface area (Å²) in [6, 6.07) is 12.3. The molecule has 4 unspecified atom stereocenters. The summed E-state index contributed by atoms with van der Waals surface area (Å²) in [5.41, 5.74) is 2.83. The molecule has 0 spiro atoms. The van der Waals surface area contributed by atoms with E-state index in [0.29, 0.717) is 42.4 Å². The number of carboxylic acid groups (broad SMARTS) is 1. The number of anilines is 2. The van der Waals surface area contributed by atoms with Gasteiger partial charge in [0.2, 0.25) is 0 Å². The summed E-state index contributed by atoms with van der Waals surface area (Å²) < 4.78 is 32.9. The van der Waals surface area contributed by atoms with Gasteiger partial charge in [0.1, 0.15) is 11.6 Å². The molecule has 0 radical (unpaired) electrons. The van der Waals surface area contributed by atoms with E-state index in [1.807, 2.05) is 6.07 Å². The predicted molar refractivity (Wildman–Crippen MR) is 190 cm³/mol. The normalized spacial score (nSPS) is 23.5. The zero-order chi connectivity index (χ0) is 35.3. The van der Waals surface area contributed by atoms with E-state index >= 15 is 4.39 Å². The topological polar surface area (TPSA) is 95.0 Å². The molecule has 3 aromatic rings. The SMILES string of the molecule is COCCN1C(C)CN(c2cc(Cl)c(C(=O)N3COc4c(cccc4-c4cc(N5C6CCC5COC6)c(C(=O)O)cc4F)C3)c(Cl)c2)CC1C. The third-order valence-electron chi connectivity index (χ3n) is 10.5. The van der Waals surface area contributed by atoms with Crippen LogP contribution < -0.4 is 14.5 Å². The number of hydrogen-bond donors (Lipinski definition) is 1.